The highest BCUT2D eigenvalue weighted by atomic mass is 16.6. The Hall–Kier alpha value is -3.67. The summed E-state index contributed by atoms with van der Waals surface area (Å²) in [5.41, 5.74) is 5.03. The van der Waals surface area contributed by atoms with E-state index < -0.39 is 4.92 Å². The maximum absolute atomic E-state index is 11.2. The molecule has 3 aromatic carbocycles. The first-order chi connectivity index (χ1) is 13.0. The van der Waals surface area contributed by atoms with E-state index in [4.69, 9.17) is 9.15 Å². The summed E-state index contributed by atoms with van der Waals surface area (Å²) in [6.07, 6.45) is 0. The van der Waals surface area contributed by atoms with Crippen molar-refractivity contribution in [2.24, 2.45) is 0 Å². The minimum Gasteiger partial charge on any atom is -0.490 e. The van der Waals surface area contributed by atoms with Crippen LogP contribution >= 0.6 is 0 Å². The molecule has 0 aliphatic rings. The number of benzene rings is 3. The number of aryl methyl sites for hydroxylation is 1. The second-order valence-corrected chi connectivity index (χ2v) is 6.21. The van der Waals surface area contributed by atoms with Crippen molar-refractivity contribution in [1.29, 1.82) is 0 Å². The lowest BCUT2D eigenvalue weighted by Crippen LogP contribution is -1.94. The van der Waals surface area contributed by atoms with Crippen LogP contribution in [0.3, 0.4) is 0 Å². The number of nitro benzene ring substituents is 1. The summed E-state index contributed by atoms with van der Waals surface area (Å²) >= 11 is 0. The number of hydrogen-bond donors (Lipinski definition) is 0. The van der Waals surface area contributed by atoms with Gasteiger partial charge in [-0.15, -0.1) is 0 Å². The average Bonchev–Trinajstić information content (AvgIpc) is 3.10. The SMILES string of the molecule is COc1ccc(-c2nc3cc(-c4cccc(C)c4)ccc3o2)cc1[N+](=O)[O-]. The van der Waals surface area contributed by atoms with Crippen molar-refractivity contribution in [3.63, 3.8) is 0 Å². The van der Waals surface area contributed by atoms with Gasteiger partial charge >= 0.3 is 5.69 Å². The molecule has 134 valence electrons. The molecule has 0 spiro atoms. The third kappa shape index (κ3) is 3.13. The van der Waals surface area contributed by atoms with Gasteiger partial charge in [0.15, 0.2) is 11.3 Å². The molecule has 0 saturated carbocycles. The predicted molar refractivity (Wildman–Crippen MR) is 103 cm³/mol. The van der Waals surface area contributed by atoms with Crippen LogP contribution in [0.25, 0.3) is 33.7 Å². The summed E-state index contributed by atoms with van der Waals surface area (Å²) in [5, 5.41) is 11.2. The molecule has 0 amide bonds. The molecule has 0 aliphatic heterocycles. The van der Waals surface area contributed by atoms with Crippen molar-refractivity contribution < 1.29 is 14.1 Å². The molecule has 1 aromatic heterocycles. The minimum absolute atomic E-state index is 0.127. The van der Waals surface area contributed by atoms with E-state index in [9.17, 15) is 10.1 Å². The van der Waals surface area contributed by atoms with E-state index in [0.29, 0.717) is 22.6 Å². The molecule has 0 bridgehead atoms. The highest BCUT2D eigenvalue weighted by molar-refractivity contribution is 5.82. The second kappa shape index (κ2) is 6.57. The largest absolute Gasteiger partial charge is 0.490 e. The van der Waals surface area contributed by atoms with Gasteiger partial charge in [0.25, 0.3) is 0 Å². The summed E-state index contributed by atoms with van der Waals surface area (Å²) in [6, 6.07) is 18.6. The van der Waals surface area contributed by atoms with E-state index in [1.165, 1.54) is 18.7 Å². The van der Waals surface area contributed by atoms with Gasteiger partial charge in [-0.25, -0.2) is 4.98 Å². The van der Waals surface area contributed by atoms with Crippen LogP contribution in [-0.4, -0.2) is 17.0 Å². The Kier molecular flexibility index (Phi) is 4.08. The number of nitrogens with zero attached hydrogens (tertiary/aromatic N) is 2. The molecular weight excluding hydrogens is 344 g/mol. The van der Waals surface area contributed by atoms with E-state index in [0.717, 1.165) is 11.1 Å². The topological polar surface area (TPSA) is 78.4 Å². The molecule has 0 fully saturated rings. The maximum atomic E-state index is 11.2. The number of rotatable bonds is 4. The van der Waals surface area contributed by atoms with Gasteiger partial charge in [-0.2, -0.15) is 0 Å². The van der Waals surface area contributed by atoms with Crippen LogP contribution < -0.4 is 4.74 Å². The lowest BCUT2D eigenvalue weighted by Gasteiger charge is -2.02. The molecule has 4 rings (SSSR count). The highest BCUT2D eigenvalue weighted by Crippen LogP contribution is 2.34. The molecule has 27 heavy (non-hydrogen) atoms. The van der Waals surface area contributed by atoms with Crippen molar-refractivity contribution in [2.45, 2.75) is 6.92 Å². The number of nitro groups is 1. The number of aromatic nitrogens is 1. The van der Waals surface area contributed by atoms with E-state index in [2.05, 4.69) is 11.1 Å². The molecule has 4 aromatic rings. The van der Waals surface area contributed by atoms with Crippen LogP contribution in [-0.2, 0) is 0 Å². The Balaban J connectivity index is 1.78. The van der Waals surface area contributed by atoms with E-state index in [1.54, 1.807) is 12.1 Å². The Morgan fingerprint density at radius 3 is 2.52 bits per heavy atom. The van der Waals surface area contributed by atoms with Gasteiger partial charge in [-0.05, 0) is 42.3 Å². The molecule has 0 saturated heterocycles. The standard InChI is InChI=1S/C21H16N2O4/c1-13-4-3-5-14(10-13)15-6-8-19-17(11-15)22-21(27-19)16-7-9-20(26-2)18(12-16)23(24)25/h3-12H,1-2H3. The van der Waals surface area contributed by atoms with Crippen molar-refractivity contribution >= 4 is 16.8 Å². The lowest BCUT2D eigenvalue weighted by molar-refractivity contribution is -0.385. The Labute approximate surface area is 155 Å². The Morgan fingerprint density at radius 1 is 1.00 bits per heavy atom. The van der Waals surface area contributed by atoms with Crippen LogP contribution in [0.1, 0.15) is 5.56 Å². The fourth-order valence-electron chi connectivity index (χ4n) is 3.02. The van der Waals surface area contributed by atoms with E-state index >= 15 is 0 Å². The van der Waals surface area contributed by atoms with Gasteiger partial charge < -0.3 is 9.15 Å². The molecule has 6 heteroatoms. The molecule has 0 atom stereocenters. The minimum atomic E-state index is -0.485. The van der Waals surface area contributed by atoms with E-state index in [-0.39, 0.29) is 11.4 Å². The van der Waals surface area contributed by atoms with Gasteiger partial charge in [-0.1, -0.05) is 35.9 Å². The van der Waals surface area contributed by atoms with Crippen molar-refractivity contribution in [2.75, 3.05) is 7.11 Å². The average molecular weight is 360 g/mol. The quantitative estimate of drug-likeness (QED) is 0.360. The van der Waals surface area contributed by atoms with Crippen molar-refractivity contribution in [3.05, 3.63) is 76.3 Å². The smallest absolute Gasteiger partial charge is 0.311 e. The van der Waals surface area contributed by atoms with Gasteiger partial charge in [0.1, 0.15) is 5.52 Å². The van der Waals surface area contributed by atoms with E-state index in [1.807, 2.05) is 43.3 Å². The number of fused-ring (bicyclic) bond motifs is 1. The first-order valence-corrected chi connectivity index (χ1v) is 8.35. The highest BCUT2D eigenvalue weighted by Gasteiger charge is 2.18. The fraction of sp³-hybridized carbons (Fsp3) is 0.0952. The van der Waals surface area contributed by atoms with Crippen LogP contribution in [0, 0.1) is 17.0 Å². The second-order valence-electron chi connectivity index (χ2n) is 6.21. The first-order valence-electron chi connectivity index (χ1n) is 8.35. The molecule has 6 nitrogen and oxygen atoms in total. The van der Waals surface area contributed by atoms with Crippen molar-refractivity contribution in [1.82, 2.24) is 4.98 Å². The zero-order chi connectivity index (χ0) is 19.0. The first kappa shape index (κ1) is 16.8. The molecule has 0 unspecified atom stereocenters. The number of ether oxygens (including phenoxy) is 1. The monoisotopic (exact) mass is 360 g/mol. The Bertz CT molecular complexity index is 1160. The molecule has 0 radical (unpaired) electrons. The molecule has 0 N–H and O–H groups in total. The van der Waals surface area contributed by atoms with Crippen LogP contribution in [0.5, 0.6) is 5.75 Å². The summed E-state index contributed by atoms with van der Waals surface area (Å²) in [7, 11) is 1.40. The van der Waals surface area contributed by atoms with Crippen LogP contribution in [0.2, 0.25) is 0 Å². The predicted octanol–water partition coefficient (Wildman–Crippen LogP) is 5.39. The van der Waals surface area contributed by atoms with Gasteiger partial charge in [0.05, 0.1) is 12.0 Å². The number of methoxy groups -OCH3 is 1. The van der Waals surface area contributed by atoms with Crippen LogP contribution in [0.4, 0.5) is 5.69 Å². The number of oxazole rings is 1. The Morgan fingerprint density at radius 2 is 1.78 bits per heavy atom. The lowest BCUT2D eigenvalue weighted by atomic mass is 10.0. The third-order valence-corrected chi connectivity index (χ3v) is 4.36. The zero-order valence-electron chi connectivity index (χ0n) is 14.8. The van der Waals surface area contributed by atoms with Crippen LogP contribution in [0.15, 0.2) is 65.1 Å². The number of hydrogen-bond acceptors (Lipinski definition) is 5. The third-order valence-electron chi connectivity index (χ3n) is 4.36. The summed E-state index contributed by atoms with van der Waals surface area (Å²) in [5.74, 6) is 0.527. The normalized spacial score (nSPS) is 10.9. The summed E-state index contributed by atoms with van der Waals surface area (Å²) < 4.78 is 10.8. The van der Waals surface area contributed by atoms with Gasteiger partial charge in [0, 0.05) is 11.6 Å². The maximum Gasteiger partial charge on any atom is 0.311 e. The van der Waals surface area contributed by atoms with Crippen molar-refractivity contribution in [3.8, 4) is 28.3 Å². The van der Waals surface area contributed by atoms with Gasteiger partial charge in [0.2, 0.25) is 5.89 Å². The summed E-state index contributed by atoms with van der Waals surface area (Å²) in [4.78, 5) is 15.3. The summed E-state index contributed by atoms with van der Waals surface area (Å²) in [6.45, 7) is 2.05. The zero-order valence-corrected chi connectivity index (χ0v) is 14.8. The molecular formula is C21H16N2O4. The molecule has 1 heterocycles. The molecule has 0 aliphatic carbocycles. The van der Waals surface area contributed by atoms with Gasteiger partial charge in [-0.3, -0.25) is 10.1 Å². The fourth-order valence-corrected chi connectivity index (χ4v) is 3.02.